The van der Waals surface area contributed by atoms with Gasteiger partial charge in [0.15, 0.2) is 11.5 Å². The highest BCUT2D eigenvalue weighted by Crippen LogP contribution is 2.28. The van der Waals surface area contributed by atoms with Crippen LogP contribution in [0.2, 0.25) is 0 Å². The molecule has 0 aliphatic rings. The third-order valence-corrected chi connectivity index (χ3v) is 5.12. The Hall–Kier alpha value is -3.53. The fourth-order valence-corrected chi connectivity index (χ4v) is 3.44. The van der Waals surface area contributed by atoms with Crippen molar-refractivity contribution in [3.8, 4) is 11.5 Å². The van der Waals surface area contributed by atoms with Crippen LogP contribution in [-0.2, 0) is 16.0 Å². The van der Waals surface area contributed by atoms with Gasteiger partial charge in [0.25, 0.3) is 5.22 Å². The molecular formula is C23H25N3O6S. The first kappa shape index (κ1) is 24.1. The van der Waals surface area contributed by atoms with E-state index in [0.717, 1.165) is 17.3 Å². The summed E-state index contributed by atoms with van der Waals surface area (Å²) in [5.41, 5.74) is 1.78. The predicted octanol–water partition coefficient (Wildman–Crippen LogP) is 3.97. The van der Waals surface area contributed by atoms with E-state index >= 15 is 0 Å². The van der Waals surface area contributed by atoms with Gasteiger partial charge in [-0.2, -0.15) is 0 Å². The number of methoxy groups -OCH3 is 2. The van der Waals surface area contributed by atoms with Crippen molar-refractivity contribution < 1.29 is 28.2 Å². The van der Waals surface area contributed by atoms with Crippen molar-refractivity contribution in [2.24, 2.45) is 0 Å². The number of ether oxygens (including phenoxy) is 3. The van der Waals surface area contributed by atoms with Crippen molar-refractivity contribution in [1.82, 2.24) is 10.2 Å². The second-order valence-corrected chi connectivity index (χ2v) is 8.13. The topological polar surface area (TPSA) is 113 Å². The van der Waals surface area contributed by atoms with Gasteiger partial charge in [0.05, 0.1) is 38.1 Å². The van der Waals surface area contributed by atoms with Gasteiger partial charge < -0.3 is 23.9 Å². The molecule has 1 aromatic heterocycles. The SMILES string of the molecule is COc1ccc(Cc2nnc(SCC(=O)Nc3cccc(C(=O)OC(C)C)c3)o2)cc1OC. The molecule has 0 saturated carbocycles. The third kappa shape index (κ3) is 6.98. The fraction of sp³-hybridized carbons (Fsp3) is 0.304. The highest BCUT2D eigenvalue weighted by atomic mass is 32.2. The predicted molar refractivity (Wildman–Crippen MR) is 123 cm³/mol. The molecule has 0 radical (unpaired) electrons. The number of hydrogen-bond donors (Lipinski definition) is 1. The lowest BCUT2D eigenvalue weighted by Crippen LogP contribution is -2.15. The van der Waals surface area contributed by atoms with Crippen LogP contribution in [0.15, 0.2) is 52.1 Å². The number of aromatic nitrogens is 2. The van der Waals surface area contributed by atoms with E-state index in [4.69, 9.17) is 18.6 Å². The zero-order valence-corrected chi connectivity index (χ0v) is 19.6. The van der Waals surface area contributed by atoms with E-state index in [1.807, 2.05) is 18.2 Å². The molecule has 0 bridgehead atoms. The summed E-state index contributed by atoms with van der Waals surface area (Å²) in [5.74, 6) is 1.02. The molecule has 0 spiro atoms. The Kier molecular flexibility index (Phi) is 8.31. The Morgan fingerprint density at radius 1 is 1.06 bits per heavy atom. The molecule has 10 heteroatoms. The van der Waals surface area contributed by atoms with E-state index in [2.05, 4.69) is 15.5 Å². The van der Waals surface area contributed by atoms with E-state index in [0.29, 0.717) is 35.1 Å². The number of carbonyl (C=O) groups excluding carboxylic acids is 2. The minimum absolute atomic E-state index is 0.0681. The third-order valence-electron chi connectivity index (χ3n) is 4.30. The number of anilines is 1. The first-order valence-corrected chi connectivity index (χ1v) is 11.1. The molecule has 0 atom stereocenters. The van der Waals surface area contributed by atoms with Crippen LogP contribution >= 0.6 is 11.8 Å². The second kappa shape index (κ2) is 11.4. The molecule has 0 saturated heterocycles. The van der Waals surface area contributed by atoms with Crippen molar-refractivity contribution in [2.75, 3.05) is 25.3 Å². The maximum absolute atomic E-state index is 12.3. The first-order chi connectivity index (χ1) is 15.9. The van der Waals surface area contributed by atoms with Gasteiger partial charge in [0.2, 0.25) is 11.8 Å². The Morgan fingerprint density at radius 3 is 2.58 bits per heavy atom. The van der Waals surface area contributed by atoms with Gasteiger partial charge in [-0.3, -0.25) is 4.79 Å². The Bertz CT molecular complexity index is 1120. The highest BCUT2D eigenvalue weighted by Gasteiger charge is 2.14. The monoisotopic (exact) mass is 471 g/mol. The molecule has 3 aromatic rings. The van der Waals surface area contributed by atoms with Crippen LogP contribution in [0.5, 0.6) is 11.5 Å². The molecule has 0 aliphatic heterocycles. The largest absolute Gasteiger partial charge is 0.493 e. The lowest BCUT2D eigenvalue weighted by Gasteiger charge is -2.09. The number of benzene rings is 2. The van der Waals surface area contributed by atoms with Crippen molar-refractivity contribution in [2.45, 2.75) is 31.6 Å². The summed E-state index contributed by atoms with van der Waals surface area (Å²) >= 11 is 1.12. The number of nitrogens with one attached hydrogen (secondary N) is 1. The van der Waals surface area contributed by atoms with Crippen LogP contribution in [-0.4, -0.2) is 48.2 Å². The Balaban J connectivity index is 1.53. The lowest BCUT2D eigenvalue weighted by molar-refractivity contribution is -0.113. The van der Waals surface area contributed by atoms with E-state index in [9.17, 15) is 9.59 Å². The van der Waals surface area contributed by atoms with Crippen LogP contribution in [0.4, 0.5) is 5.69 Å². The van der Waals surface area contributed by atoms with Gasteiger partial charge in [-0.15, -0.1) is 10.2 Å². The summed E-state index contributed by atoms with van der Waals surface area (Å²) in [4.78, 5) is 24.3. The zero-order chi connectivity index (χ0) is 23.8. The number of amides is 1. The van der Waals surface area contributed by atoms with E-state index < -0.39 is 5.97 Å². The number of hydrogen-bond acceptors (Lipinski definition) is 9. The molecule has 3 rings (SSSR count). The van der Waals surface area contributed by atoms with E-state index in [1.54, 1.807) is 52.3 Å². The molecule has 33 heavy (non-hydrogen) atoms. The molecule has 0 unspecified atom stereocenters. The first-order valence-electron chi connectivity index (χ1n) is 10.1. The molecular weight excluding hydrogens is 446 g/mol. The smallest absolute Gasteiger partial charge is 0.338 e. The normalized spacial score (nSPS) is 10.7. The highest BCUT2D eigenvalue weighted by molar-refractivity contribution is 7.99. The number of esters is 1. The molecule has 9 nitrogen and oxygen atoms in total. The molecule has 1 N–H and O–H groups in total. The van der Waals surface area contributed by atoms with Gasteiger partial charge in [0.1, 0.15) is 0 Å². The summed E-state index contributed by atoms with van der Waals surface area (Å²) < 4.78 is 21.3. The summed E-state index contributed by atoms with van der Waals surface area (Å²) in [6, 6.07) is 12.1. The van der Waals surface area contributed by atoms with Gasteiger partial charge in [-0.1, -0.05) is 23.9 Å². The molecule has 1 amide bonds. The van der Waals surface area contributed by atoms with Crippen molar-refractivity contribution in [3.05, 3.63) is 59.5 Å². The molecule has 2 aromatic carbocycles. The van der Waals surface area contributed by atoms with Gasteiger partial charge in [-0.25, -0.2) is 4.79 Å². The Morgan fingerprint density at radius 2 is 1.85 bits per heavy atom. The van der Waals surface area contributed by atoms with Crippen LogP contribution < -0.4 is 14.8 Å². The second-order valence-electron chi connectivity index (χ2n) is 7.20. The maximum Gasteiger partial charge on any atom is 0.338 e. The number of thioether (sulfide) groups is 1. The van der Waals surface area contributed by atoms with Crippen LogP contribution in [0.25, 0.3) is 0 Å². The van der Waals surface area contributed by atoms with Crippen LogP contribution in [0.3, 0.4) is 0 Å². The number of rotatable bonds is 10. The summed E-state index contributed by atoms with van der Waals surface area (Å²) in [5, 5.41) is 11.0. The lowest BCUT2D eigenvalue weighted by atomic mass is 10.1. The number of nitrogens with zero attached hydrogens (tertiary/aromatic N) is 2. The minimum Gasteiger partial charge on any atom is -0.493 e. The van der Waals surface area contributed by atoms with E-state index in [-0.39, 0.29) is 23.0 Å². The molecule has 174 valence electrons. The van der Waals surface area contributed by atoms with Crippen molar-refractivity contribution >= 4 is 29.3 Å². The van der Waals surface area contributed by atoms with E-state index in [1.165, 1.54) is 0 Å². The number of carbonyl (C=O) groups is 2. The quantitative estimate of drug-likeness (QED) is 0.346. The van der Waals surface area contributed by atoms with Crippen LogP contribution in [0, 0.1) is 0 Å². The minimum atomic E-state index is -0.441. The average Bonchev–Trinajstić information content (AvgIpc) is 3.24. The van der Waals surface area contributed by atoms with Crippen LogP contribution in [0.1, 0.15) is 35.7 Å². The van der Waals surface area contributed by atoms with Gasteiger partial charge in [-0.05, 0) is 49.7 Å². The maximum atomic E-state index is 12.3. The summed E-state index contributed by atoms with van der Waals surface area (Å²) in [6.45, 7) is 3.55. The summed E-state index contributed by atoms with van der Waals surface area (Å²) in [7, 11) is 3.15. The zero-order valence-electron chi connectivity index (χ0n) is 18.8. The molecule has 0 aliphatic carbocycles. The summed E-state index contributed by atoms with van der Waals surface area (Å²) in [6.07, 6.45) is 0.192. The molecule has 0 fully saturated rings. The molecule has 1 heterocycles. The van der Waals surface area contributed by atoms with Gasteiger partial charge >= 0.3 is 5.97 Å². The Labute approximate surface area is 195 Å². The van der Waals surface area contributed by atoms with Crippen molar-refractivity contribution in [1.29, 1.82) is 0 Å². The average molecular weight is 472 g/mol. The standard InChI is InChI=1S/C23H25N3O6S/c1-14(2)31-22(28)16-6-5-7-17(12-16)24-20(27)13-33-23-26-25-21(32-23)11-15-8-9-18(29-3)19(10-15)30-4/h5-10,12,14H,11,13H2,1-4H3,(H,24,27). The fourth-order valence-electron chi connectivity index (χ4n) is 2.86. The van der Waals surface area contributed by atoms with Gasteiger partial charge in [0, 0.05) is 5.69 Å². The van der Waals surface area contributed by atoms with Crippen molar-refractivity contribution in [3.63, 3.8) is 0 Å².